The maximum atomic E-state index is 2.49. The third kappa shape index (κ3) is 6.00. The third-order valence-corrected chi connectivity index (χ3v) is 18.1. The van der Waals surface area contributed by atoms with Crippen LogP contribution in [0.15, 0.2) is 218 Å². The smallest absolute Gasteiger partial charge is 0.144 e. The number of hydrogen-bond donors (Lipinski definition) is 0. The van der Waals surface area contributed by atoms with Crippen LogP contribution in [0.4, 0.5) is 0 Å². The van der Waals surface area contributed by atoms with Crippen molar-refractivity contribution in [3.63, 3.8) is 0 Å². The zero-order valence-corrected chi connectivity index (χ0v) is 32.4. The molecule has 0 bridgehead atoms. The van der Waals surface area contributed by atoms with Crippen LogP contribution in [0.5, 0.6) is 0 Å². The molecule has 0 N–H and O–H groups in total. The molecule has 0 radical (unpaired) electrons. The van der Waals surface area contributed by atoms with E-state index in [-0.39, 0.29) is 34.0 Å². The van der Waals surface area contributed by atoms with E-state index in [4.69, 9.17) is 0 Å². The van der Waals surface area contributed by atoms with Crippen molar-refractivity contribution in [1.82, 2.24) is 0 Å². The van der Waals surface area contributed by atoms with Crippen LogP contribution >= 0.6 is 14.5 Å². The van der Waals surface area contributed by atoms with Crippen LogP contribution in [0.2, 0.25) is 0 Å². The minimum Gasteiger partial charge on any atom is -1.00 e. The molecule has 0 aliphatic carbocycles. The highest BCUT2D eigenvalue weighted by Crippen LogP contribution is 2.58. The van der Waals surface area contributed by atoms with Gasteiger partial charge in [0, 0.05) is 10.8 Å². The van der Waals surface area contributed by atoms with Crippen molar-refractivity contribution in [3.8, 4) is 0 Å². The summed E-state index contributed by atoms with van der Waals surface area (Å²) in [4.78, 5) is 0. The van der Waals surface area contributed by atoms with Gasteiger partial charge in [-0.1, -0.05) is 133 Å². The van der Waals surface area contributed by atoms with Crippen LogP contribution in [0.25, 0.3) is 10.8 Å². The molecule has 50 heavy (non-hydrogen) atoms. The fourth-order valence-corrected chi connectivity index (χ4v) is 16.4. The molecule has 0 heterocycles. The summed E-state index contributed by atoms with van der Waals surface area (Å²) in [7, 11) is -4.65. The Balaban J connectivity index is 0.00000216. The highest BCUT2D eigenvalue weighted by Gasteiger charge is 2.52. The van der Waals surface area contributed by atoms with Crippen LogP contribution in [0.1, 0.15) is 0 Å². The van der Waals surface area contributed by atoms with Crippen molar-refractivity contribution >= 4 is 67.7 Å². The summed E-state index contributed by atoms with van der Waals surface area (Å²) < 4.78 is 0. The maximum absolute atomic E-state index is 2.49. The van der Waals surface area contributed by atoms with E-state index in [0.717, 1.165) is 0 Å². The Bertz CT molecular complexity index is 1910. The van der Waals surface area contributed by atoms with E-state index in [1.165, 1.54) is 53.2 Å². The first-order chi connectivity index (χ1) is 23.8. The standard InChI is InChI=1S/C46H36P2.2BrH/c1-7-21-37(22-8-1)47(38-23-9-2-10-24-38,39-25-11-3-12-26-39)45-35-36-46(44-34-20-19-33-43(44)45)48(40-27-13-4-14-28-40,41-29-15-5-16-30-41)42-31-17-6-18-32-42;;/h1-36H;2*1H/q+2;;/p-2. The van der Waals surface area contributed by atoms with Gasteiger partial charge in [0.25, 0.3) is 0 Å². The molecule has 0 aromatic heterocycles. The zero-order valence-electron chi connectivity index (χ0n) is 27.4. The van der Waals surface area contributed by atoms with Crippen molar-refractivity contribution in [2.45, 2.75) is 0 Å². The van der Waals surface area contributed by atoms with Gasteiger partial charge in [0.2, 0.25) is 0 Å². The van der Waals surface area contributed by atoms with Crippen LogP contribution in [0.3, 0.4) is 0 Å². The Labute approximate surface area is 318 Å². The van der Waals surface area contributed by atoms with E-state index in [9.17, 15) is 0 Å². The maximum Gasteiger partial charge on any atom is 0.144 e. The summed E-state index contributed by atoms with van der Waals surface area (Å²) >= 11 is 0. The van der Waals surface area contributed by atoms with Gasteiger partial charge < -0.3 is 34.0 Å². The lowest BCUT2D eigenvalue weighted by molar-refractivity contribution is -0.001000. The SMILES string of the molecule is [Br-].[Br-].c1ccc([P+](c2ccccc2)(c2ccccc2)c2ccc([P+](c3ccccc3)(c3ccccc3)c3ccccc3)c3ccccc23)cc1. The summed E-state index contributed by atoms with van der Waals surface area (Å²) in [5.41, 5.74) is 0. The Morgan fingerprint density at radius 2 is 0.380 bits per heavy atom. The molecule has 0 spiro atoms. The van der Waals surface area contributed by atoms with Crippen LogP contribution in [-0.2, 0) is 0 Å². The fraction of sp³-hybridized carbons (Fsp3) is 0. The predicted molar refractivity (Wildman–Crippen MR) is 214 cm³/mol. The van der Waals surface area contributed by atoms with E-state index in [0.29, 0.717) is 0 Å². The predicted octanol–water partition coefficient (Wildman–Crippen LogP) is 2.09. The van der Waals surface area contributed by atoms with Crippen molar-refractivity contribution in [1.29, 1.82) is 0 Å². The lowest BCUT2D eigenvalue weighted by Gasteiger charge is -2.31. The lowest BCUT2D eigenvalue weighted by atomic mass is 10.1. The summed E-state index contributed by atoms with van der Waals surface area (Å²) in [6.45, 7) is 0. The van der Waals surface area contributed by atoms with Gasteiger partial charge in [0.1, 0.15) is 57.0 Å². The normalized spacial score (nSPS) is 11.3. The molecule has 0 saturated heterocycles. The molecule has 0 unspecified atom stereocenters. The second-order valence-corrected chi connectivity index (χ2v) is 18.7. The minimum absolute atomic E-state index is 0. The number of benzene rings is 8. The van der Waals surface area contributed by atoms with Gasteiger partial charge in [0.05, 0.1) is 0 Å². The number of fused-ring (bicyclic) bond motifs is 1. The van der Waals surface area contributed by atoms with Gasteiger partial charge >= 0.3 is 0 Å². The highest BCUT2D eigenvalue weighted by atomic mass is 79.9. The van der Waals surface area contributed by atoms with E-state index in [1.54, 1.807) is 0 Å². The molecule has 0 atom stereocenters. The monoisotopic (exact) mass is 808 g/mol. The van der Waals surface area contributed by atoms with Gasteiger partial charge in [-0.25, -0.2) is 0 Å². The fourth-order valence-electron chi connectivity index (χ4n) is 7.49. The Hall–Kier alpha value is -4.16. The molecular formula is C46H36Br2P2. The average Bonchev–Trinajstić information content (AvgIpc) is 3.18. The largest absolute Gasteiger partial charge is 1.00 e. The van der Waals surface area contributed by atoms with Crippen molar-refractivity contribution in [2.75, 3.05) is 0 Å². The molecule has 0 fully saturated rings. The summed E-state index contributed by atoms with van der Waals surface area (Å²) in [5.74, 6) is 0. The van der Waals surface area contributed by atoms with E-state index in [2.05, 4.69) is 218 Å². The number of rotatable bonds is 8. The average molecular weight is 811 g/mol. The molecular weight excluding hydrogens is 774 g/mol. The molecule has 0 saturated carbocycles. The Morgan fingerprint density at radius 1 is 0.200 bits per heavy atom. The van der Waals surface area contributed by atoms with Gasteiger partial charge in [-0.2, -0.15) is 0 Å². The van der Waals surface area contributed by atoms with Gasteiger partial charge in [-0.15, -0.1) is 0 Å². The third-order valence-electron chi connectivity index (χ3n) is 9.46. The molecule has 0 amide bonds. The first-order valence-electron chi connectivity index (χ1n) is 16.5. The second kappa shape index (κ2) is 15.8. The summed E-state index contributed by atoms with van der Waals surface area (Å²) in [6.07, 6.45) is 0. The molecule has 0 aliphatic rings. The lowest BCUT2D eigenvalue weighted by Crippen LogP contribution is -3.00. The van der Waals surface area contributed by atoms with E-state index < -0.39 is 14.5 Å². The van der Waals surface area contributed by atoms with Gasteiger partial charge in [-0.3, -0.25) is 0 Å². The zero-order chi connectivity index (χ0) is 32.2. The van der Waals surface area contributed by atoms with Crippen molar-refractivity contribution in [2.24, 2.45) is 0 Å². The van der Waals surface area contributed by atoms with Crippen LogP contribution in [-0.4, -0.2) is 0 Å². The molecule has 8 aromatic carbocycles. The van der Waals surface area contributed by atoms with Crippen molar-refractivity contribution < 1.29 is 34.0 Å². The number of hydrogen-bond acceptors (Lipinski definition) is 0. The highest BCUT2D eigenvalue weighted by molar-refractivity contribution is 8.02. The molecule has 4 heteroatoms. The number of halogens is 2. The van der Waals surface area contributed by atoms with Gasteiger partial charge in [-0.05, 0) is 84.9 Å². The molecule has 244 valence electrons. The Kier molecular flexibility index (Phi) is 11.3. The molecule has 8 rings (SSSR count). The molecule has 0 aliphatic heterocycles. The Morgan fingerprint density at radius 3 is 0.580 bits per heavy atom. The van der Waals surface area contributed by atoms with E-state index >= 15 is 0 Å². The van der Waals surface area contributed by atoms with E-state index in [1.807, 2.05) is 0 Å². The van der Waals surface area contributed by atoms with Crippen molar-refractivity contribution in [3.05, 3.63) is 218 Å². The summed E-state index contributed by atoms with van der Waals surface area (Å²) in [5, 5.41) is 13.5. The first-order valence-corrected chi connectivity index (χ1v) is 20.1. The topological polar surface area (TPSA) is 0 Å². The van der Waals surface area contributed by atoms with Crippen LogP contribution in [0, 0.1) is 0 Å². The molecule has 0 nitrogen and oxygen atoms in total. The van der Waals surface area contributed by atoms with Crippen LogP contribution < -0.4 is 76.4 Å². The molecule has 8 aromatic rings. The summed E-state index contributed by atoms with van der Waals surface area (Å²) in [6, 6.07) is 81.4. The quantitative estimate of drug-likeness (QED) is 0.207. The van der Waals surface area contributed by atoms with Gasteiger partial charge in [0.15, 0.2) is 0 Å². The first kappa shape index (κ1) is 35.7. The minimum atomic E-state index is -2.33. The second-order valence-electron chi connectivity index (χ2n) is 12.0.